The van der Waals surface area contributed by atoms with Crippen LogP contribution in [0.2, 0.25) is 0 Å². The Balaban J connectivity index is 0.00000364. The van der Waals surface area contributed by atoms with Crippen molar-refractivity contribution in [2.24, 2.45) is 4.99 Å². The van der Waals surface area contributed by atoms with E-state index >= 15 is 0 Å². The number of hydrogen-bond acceptors (Lipinski definition) is 4. The lowest BCUT2D eigenvalue weighted by molar-refractivity contribution is 0.223. The number of hydrogen-bond donors (Lipinski definition) is 2. The Bertz CT molecular complexity index is 708. The zero-order valence-corrected chi connectivity index (χ0v) is 18.5. The van der Waals surface area contributed by atoms with Crippen molar-refractivity contribution in [2.45, 2.75) is 19.6 Å². The number of rotatable bonds is 8. The quantitative estimate of drug-likeness (QED) is 0.341. The van der Waals surface area contributed by atoms with Gasteiger partial charge in [0.2, 0.25) is 0 Å². The summed E-state index contributed by atoms with van der Waals surface area (Å²) in [5, 5.41) is 6.55. The molecule has 1 unspecified atom stereocenters. The van der Waals surface area contributed by atoms with Gasteiger partial charge in [-0.2, -0.15) is 0 Å². The van der Waals surface area contributed by atoms with Crippen LogP contribution in [0.4, 0.5) is 0 Å². The Labute approximate surface area is 178 Å². The van der Waals surface area contributed by atoms with Crippen molar-refractivity contribution in [3.05, 3.63) is 54.1 Å². The third-order valence-electron chi connectivity index (χ3n) is 3.82. The zero-order valence-electron chi connectivity index (χ0n) is 16.2. The Morgan fingerprint density at radius 3 is 2.26 bits per heavy atom. The molecule has 0 heterocycles. The van der Waals surface area contributed by atoms with Crippen LogP contribution in [-0.2, 0) is 6.54 Å². The number of nitrogens with one attached hydrogen (secondary N) is 2. The zero-order chi connectivity index (χ0) is 18.8. The van der Waals surface area contributed by atoms with Crippen LogP contribution < -0.4 is 24.8 Å². The van der Waals surface area contributed by atoms with E-state index < -0.39 is 0 Å². The highest BCUT2D eigenvalue weighted by molar-refractivity contribution is 14.0. The number of guanidine groups is 1. The maximum absolute atomic E-state index is 5.89. The van der Waals surface area contributed by atoms with Crippen LogP contribution in [0, 0.1) is 0 Å². The lowest BCUT2D eigenvalue weighted by Crippen LogP contribution is -2.41. The van der Waals surface area contributed by atoms with E-state index in [0.717, 1.165) is 22.8 Å². The van der Waals surface area contributed by atoms with Crippen LogP contribution in [-0.4, -0.2) is 39.9 Å². The standard InChI is InChI=1S/C20H27N3O3.HI/c1-15(26-18-11-9-17(24-3)10-12-18)13-22-20(21-2)23-14-16-7-5-6-8-19(16)25-4;/h5-12,15H,13-14H2,1-4H3,(H2,21,22,23);1H. The number of nitrogens with zero attached hydrogens (tertiary/aromatic N) is 1. The number of methoxy groups -OCH3 is 2. The lowest BCUT2D eigenvalue weighted by atomic mass is 10.2. The Morgan fingerprint density at radius 1 is 0.963 bits per heavy atom. The molecule has 0 saturated carbocycles. The van der Waals surface area contributed by atoms with E-state index in [4.69, 9.17) is 14.2 Å². The summed E-state index contributed by atoms with van der Waals surface area (Å²) in [6.07, 6.45) is -0.0202. The molecule has 1 atom stereocenters. The first kappa shape index (κ1) is 22.9. The molecule has 0 saturated heterocycles. The molecule has 2 aromatic carbocycles. The van der Waals surface area contributed by atoms with Gasteiger partial charge in [-0.3, -0.25) is 4.99 Å². The summed E-state index contributed by atoms with van der Waals surface area (Å²) in [7, 11) is 5.06. The molecular weight excluding hydrogens is 457 g/mol. The highest BCUT2D eigenvalue weighted by atomic mass is 127. The molecule has 27 heavy (non-hydrogen) atoms. The number of benzene rings is 2. The second kappa shape index (κ2) is 12.3. The number of aliphatic imine (C=N–C) groups is 1. The van der Waals surface area contributed by atoms with E-state index in [9.17, 15) is 0 Å². The molecule has 0 aliphatic rings. The molecule has 2 aromatic rings. The molecule has 2 rings (SSSR count). The molecule has 7 heteroatoms. The molecule has 2 N–H and O–H groups in total. The van der Waals surface area contributed by atoms with Crippen molar-refractivity contribution in [1.29, 1.82) is 0 Å². The van der Waals surface area contributed by atoms with E-state index in [2.05, 4.69) is 15.6 Å². The number of ether oxygens (including phenoxy) is 3. The summed E-state index contributed by atoms with van der Waals surface area (Å²) in [6, 6.07) is 15.4. The van der Waals surface area contributed by atoms with Crippen LogP contribution in [0.25, 0.3) is 0 Å². The van der Waals surface area contributed by atoms with Gasteiger partial charge in [0.15, 0.2) is 5.96 Å². The minimum Gasteiger partial charge on any atom is -0.497 e. The average molecular weight is 485 g/mol. The van der Waals surface area contributed by atoms with Crippen molar-refractivity contribution >= 4 is 29.9 Å². The van der Waals surface area contributed by atoms with Crippen LogP contribution in [0.1, 0.15) is 12.5 Å². The summed E-state index contributed by atoms with van der Waals surface area (Å²) < 4.78 is 16.4. The van der Waals surface area contributed by atoms with Gasteiger partial charge in [-0.25, -0.2) is 0 Å². The van der Waals surface area contributed by atoms with Crippen molar-refractivity contribution in [1.82, 2.24) is 10.6 Å². The number of halogens is 1. The summed E-state index contributed by atoms with van der Waals surface area (Å²) >= 11 is 0. The van der Waals surface area contributed by atoms with Crippen LogP contribution in [0.15, 0.2) is 53.5 Å². The summed E-state index contributed by atoms with van der Waals surface area (Å²) in [6.45, 7) is 3.25. The number of para-hydroxylation sites is 1. The topological polar surface area (TPSA) is 64.1 Å². The van der Waals surface area contributed by atoms with Crippen LogP contribution >= 0.6 is 24.0 Å². The fourth-order valence-corrected chi connectivity index (χ4v) is 2.42. The van der Waals surface area contributed by atoms with Gasteiger partial charge in [-0.1, -0.05) is 18.2 Å². The van der Waals surface area contributed by atoms with E-state index in [1.165, 1.54) is 0 Å². The monoisotopic (exact) mass is 485 g/mol. The van der Waals surface area contributed by atoms with Gasteiger partial charge in [0.25, 0.3) is 0 Å². The highest BCUT2D eigenvalue weighted by Gasteiger charge is 2.07. The first-order valence-electron chi connectivity index (χ1n) is 8.53. The molecule has 0 aliphatic heterocycles. The molecule has 148 valence electrons. The molecule has 0 amide bonds. The van der Waals surface area contributed by atoms with Crippen molar-refractivity contribution < 1.29 is 14.2 Å². The Morgan fingerprint density at radius 2 is 1.63 bits per heavy atom. The predicted molar refractivity (Wildman–Crippen MR) is 120 cm³/mol. The maximum Gasteiger partial charge on any atom is 0.191 e. The van der Waals surface area contributed by atoms with Gasteiger partial charge < -0.3 is 24.8 Å². The molecule has 6 nitrogen and oxygen atoms in total. The third-order valence-corrected chi connectivity index (χ3v) is 3.82. The summed E-state index contributed by atoms with van der Waals surface area (Å²) in [4.78, 5) is 4.24. The van der Waals surface area contributed by atoms with Crippen LogP contribution in [0.5, 0.6) is 17.2 Å². The average Bonchev–Trinajstić information content (AvgIpc) is 2.69. The third kappa shape index (κ3) is 7.54. The minimum absolute atomic E-state index is 0. The van der Waals surface area contributed by atoms with Gasteiger partial charge in [-0.05, 0) is 37.3 Å². The predicted octanol–water partition coefficient (Wildman–Crippen LogP) is 3.45. The molecule has 0 aromatic heterocycles. The van der Waals surface area contributed by atoms with Gasteiger partial charge in [0, 0.05) is 19.2 Å². The Hall–Kier alpha value is -2.16. The Kier molecular flexibility index (Phi) is 10.4. The molecule has 0 fully saturated rings. The van der Waals surface area contributed by atoms with Crippen molar-refractivity contribution in [3.63, 3.8) is 0 Å². The van der Waals surface area contributed by atoms with E-state index in [-0.39, 0.29) is 30.1 Å². The fraction of sp³-hybridized carbons (Fsp3) is 0.350. The molecule has 0 bridgehead atoms. The van der Waals surface area contributed by atoms with E-state index in [0.29, 0.717) is 19.0 Å². The molecule has 0 spiro atoms. The summed E-state index contributed by atoms with van der Waals surface area (Å²) in [5.41, 5.74) is 1.07. The minimum atomic E-state index is -0.0202. The van der Waals surface area contributed by atoms with Gasteiger partial charge in [0.05, 0.1) is 20.8 Å². The van der Waals surface area contributed by atoms with Gasteiger partial charge >= 0.3 is 0 Å². The first-order valence-corrected chi connectivity index (χ1v) is 8.53. The largest absolute Gasteiger partial charge is 0.497 e. The maximum atomic E-state index is 5.89. The fourth-order valence-electron chi connectivity index (χ4n) is 2.42. The van der Waals surface area contributed by atoms with E-state index in [1.807, 2.05) is 55.5 Å². The smallest absolute Gasteiger partial charge is 0.191 e. The second-order valence-corrected chi connectivity index (χ2v) is 5.72. The van der Waals surface area contributed by atoms with E-state index in [1.54, 1.807) is 21.3 Å². The second-order valence-electron chi connectivity index (χ2n) is 5.72. The molecule has 0 aliphatic carbocycles. The van der Waals surface area contributed by atoms with Crippen molar-refractivity contribution in [2.75, 3.05) is 27.8 Å². The molecule has 0 radical (unpaired) electrons. The van der Waals surface area contributed by atoms with Crippen molar-refractivity contribution in [3.8, 4) is 17.2 Å². The summed E-state index contributed by atoms with van der Waals surface area (Å²) in [5.74, 6) is 3.17. The van der Waals surface area contributed by atoms with Crippen LogP contribution in [0.3, 0.4) is 0 Å². The van der Waals surface area contributed by atoms with Gasteiger partial charge in [-0.15, -0.1) is 24.0 Å². The normalized spacial score (nSPS) is 11.8. The molecular formula is C20H28IN3O3. The SMILES string of the molecule is CN=C(NCc1ccccc1OC)NCC(C)Oc1ccc(OC)cc1.I. The first-order chi connectivity index (χ1) is 12.7. The lowest BCUT2D eigenvalue weighted by Gasteiger charge is -2.18. The highest BCUT2D eigenvalue weighted by Crippen LogP contribution is 2.18. The van der Waals surface area contributed by atoms with Gasteiger partial charge in [0.1, 0.15) is 23.4 Å².